The maximum absolute atomic E-state index is 12.8. The van der Waals surface area contributed by atoms with Gasteiger partial charge in [-0.25, -0.2) is 0 Å². The van der Waals surface area contributed by atoms with Crippen molar-refractivity contribution in [2.75, 3.05) is 13.1 Å². The molecule has 0 saturated carbocycles. The van der Waals surface area contributed by atoms with Crippen LogP contribution in [0.3, 0.4) is 0 Å². The number of benzene rings is 1. The van der Waals surface area contributed by atoms with E-state index >= 15 is 0 Å². The number of hydrogen-bond acceptors (Lipinski definition) is 4. The number of nitrogens with zero attached hydrogens (tertiary/aromatic N) is 3. The lowest BCUT2D eigenvalue weighted by Gasteiger charge is -2.31. The minimum absolute atomic E-state index is 0.0749. The summed E-state index contributed by atoms with van der Waals surface area (Å²) in [7, 11) is 0. The summed E-state index contributed by atoms with van der Waals surface area (Å²) < 4.78 is 6.26. The van der Waals surface area contributed by atoms with Gasteiger partial charge >= 0.3 is 0 Å². The smallest absolute Gasteiger partial charge is 0.254 e. The predicted molar refractivity (Wildman–Crippen MR) is 85.8 cm³/mol. The van der Waals surface area contributed by atoms with Gasteiger partial charge in [0.15, 0.2) is 5.82 Å². The second-order valence-corrected chi connectivity index (χ2v) is 6.65. The molecule has 0 aliphatic carbocycles. The van der Waals surface area contributed by atoms with Gasteiger partial charge in [0.1, 0.15) is 0 Å². The molecular formula is C16H18BrN3O2. The molecule has 6 heteroatoms. The molecule has 2 aromatic rings. The first-order chi connectivity index (χ1) is 10.5. The molecule has 0 bridgehead atoms. The first-order valence-corrected chi connectivity index (χ1v) is 8.19. The maximum atomic E-state index is 12.8. The Bertz CT molecular complexity index is 698. The Kier molecular flexibility index (Phi) is 4.29. The second kappa shape index (κ2) is 6.20. The summed E-state index contributed by atoms with van der Waals surface area (Å²) in [5, 5.41) is 3.85. The number of aromatic nitrogens is 2. The second-order valence-electron chi connectivity index (χ2n) is 5.73. The van der Waals surface area contributed by atoms with Crippen molar-refractivity contribution in [1.82, 2.24) is 15.0 Å². The third kappa shape index (κ3) is 3.06. The molecule has 1 aliphatic rings. The number of piperidine rings is 1. The zero-order chi connectivity index (χ0) is 15.7. The van der Waals surface area contributed by atoms with Gasteiger partial charge in [-0.2, -0.15) is 4.98 Å². The minimum Gasteiger partial charge on any atom is -0.339 e. The van der Waals surface area contributed by atoms with E-state index in [2.05, 4.69) is 26.1 Å². The Morgan fingerprint density at radius 2 is 2.23 bits per heavy atom. The molecule has 1 saturated heterocycles. The third-order valence-corrected chi connectivity index (χ3v) is 4.51. The SMILES string of the molecule is Cc1noc(C2CCCN(C(=O)c3ccc(Br)cc3C)C2)n1. The molecule has 1 aliphatic heterocycles. The van der Waals surface area contributed by atoms with Crippen LogP contribution in [-0.2, 0) is 0 Å². The van der Waals surface area contributed by atoms with Gasteiger partial charge in [-0.05, 0) is 50.5 Å². The highest BCUT2D eigenvalue weighted by atomic mass is 79.9. The van der Waals surface area contributed by atoms with Gasteiger partial charge in [-0.15, -0.1) is 0 Å². The van der Waals surface area contributed by atoms with E-state index in [-0.39, 0.29) is 11.8 Å². The van der Waals surface area contributed by atoms with Crippen molar-refractivity contribution >= 4 is 21.8 Å². The Hall–Kier alpha value is -1.69. The van der Waals surface area contributed by atoms with Crippen LogP contribution in [0.2, 0.25) is 0 Å². The summed E-state index contributed by atoms with van der Waals surface area (Å²) in [4.78, 5) is 19.0. The molecule has 0 radical (unpaired) electrons. The zero-order valence-electron chi connectivity index (χ0n) is 12.7. The molecule has 1 amide bonds. The quantitative estimate of drug-likeness (QED) is 0.819. The molecule has 1 aromatic carbocycles. The van der Waals surface area contributed by atoms with E-state index < -0.39 is 0 Å². The molecule has 1 atom stereocenters. The normalized spacial score (nSPS) is 18.5. The average Bonchev–Trinajstić information content (AvgIpc) is 2.93. The molecule has 116 valence electrons. The van der Waals surface area contributed by atoms with Gasteiger partial charge in [0.25, 0.3) is 5.91 Å². The standard InChI is InChI=1S/C16H18BrN3O2/c1-10-8-13(17)5-6-14(10)16(21)20-7-3-4-12(9-20)15-18-11(2)19-22-15/h5-6,8,12H,3-4,7,9H2,1-2H3. The van der Waals surface area contributed by atoms with E-state index in [9.17, 15) is 4.79 Å². The summed E-state index contributed by atoms with van der Waals surface area (Å²) in [6.45, 7) is 5.18. The molecule has 0 spiro atoms. The van der Waals surface area contributed by atoms with E-state index in [1.54, 1.807) is 0 Å². The number of likely N-dealkylation sites (tertiary alicyclic amines) is 1. The fourth-order valence-corrected chi connectivity index (χ4v) is 3.36. The summed E-state index contributed by atoms with van der Waals surface area (Å²) in [5.74, 6) is 1.49. The topological polar surface area (TPSA) is 59.2 Å². The summed E-state index contributed by atoms with van der Waals surface area (Å²) in [6, 6.07) is 5.75. The van der Waals surface area contributed by atoms with Gasteiger partial charge in [-0.1, -0.05) is 21.1 Å². The first kappa shape index (κ1) is 15.2. The zero-order valence-corrected chi connectivity index (χ0v) is 14.3. The van der Waals surface area contributed by atoms with Gasteiger partial charge in [0.05, 0.1) is 5.92 Å². The van der Waals surface area contributed by atoms with Crippen molar-refractivity contribution in [1.29, 1.82) is 0 Å². The molecule has 1 unspecified atom stereocenters. The van der Waals surface area contributed by atoms with Crippen LogP contribution in [-0.4, -0.2) is 34.0 Å². The lowest BCUT2D eigenvalue weighted by Crippen LogP contribution is -2.39. The third-order valence-electron chi connectivity index (χ3n) is 4.02. The average molecular weight is 364 g/mol. The van der Waals surface area contributed by atoms with Gasteiger partial charge < -0.3 is 9.42 Å². The number of hydrogen-bond donors (Lipinski definition) is 0. The van der Waals surface area contributed by atoms with E-state index in [1.165, 1.54) is 0 Å². The fourth-order valence-electron chi connectivity index (χ4n) is 2.88. The molecule has 1 fully saturated rings. The Balaban J connectivity index is 1.78. The van der Waals surface area contributed by atoms with Crippen molar-refractivity contribution in [2.24, 2.45) is 0 Å². The molecule has 3 rings (SSSR count). The van der Waals surface area contributed by atoms with Crippen LogP contribution in [0.15, 0.2) is 27.2 Å². The van der Waals surface area contributed by atoms with Crippen LogP contribution in [0.4, 0.5) is 0 Å². The highest BCUT2D eigenvalue weighted by molar-refractivity contribution is 9.10. The van der Waals surface area contributed by atoms with Crippen molar-refractivity contribution in [3.8, 4) is 0 Å². The van der Waals surface area contributed by atoms with Crippen molar-refractivity contribution in [3.63, 3.8) is 0 Å². The van der Waals surface area contributed by atoms with Crippen LogP contribution in [0.1, 0.15) is 46.4 Å². The molecule has 22 heavy (non-hydrogen) atoms. The Morgan fingerprint density at radius 1 is 1.41 bits per heavy atom. The summed E-state index contributed by atoms with van der Waals surface area (Å²) in [5.41, 5.74) is 1.74. The molecule has 0 N–H and O–H groups in total. The van der Waals surface area contributed by atoms with Crippen LogP contribution < -0.4 is 0 Å². The Morgan fingerprint density at radius 3 is 2.91 bits per heavy atom. The Labute approximate surface area is 137 Å². The maximum Gasteiger partial charge on any atom is 0.254 e. The van der Waals surface area contributed by atoms with Crippen LogP contribution in [0, 0.1) is 13.8 Å². The number of aryl methyl sites for hydroxylation is 2. The molecule has 2 heterocycles. The van der Waals surface area contributed by atoms with Gasteiger partial charge in [-0.3, -0.25) is 4.79 Å². The van der Waals surface area contributed by atoms with Crippen molar-refractivity contribution < 1.29 is 9.32 Å². The molecule has 5 nitrogen and oxygen atoms in total. The van der Waals surface area contributed by atoms with Gasteiger partial charge in [0, 0.05) is 23.1 Å². The van der Waals surface area contributed by atoms with Crippen molar-refractivity contribution in [3.05, 3.63) is 45.5 Å². The number of halogens is 1. The predicted octanol–water partition coefficient (Wildman–Crippen LogP) is 3.47. The highest BCUT2D eigenvalue weighted by Crippen LogP contribution is 2.27. The number of carbonyl (C=O) groups excluding carboxylic acids is 1. The lowest BCUT2D eigenvalue weighted by molar-refractivity contribution is 0.0695. The lowest BCUT2D eigenvalue weighted by atomic mass is 9.96. The van der Waals surface area contributed by atoms with Gasteiger partial charge in [0.2, 0.25) is 5.89 Å². The summed E-state index contributed by atoms with van der Waals surface area (Å²) >= 11 is 3.43. The summed E-state index contributed by atoms with van der Waals surface area (Å²) in [6.07, 6.45) is 1.93. The van der Waals surface area contributed by atoms with E-state index in [0.717, 1.165) is 35.0 Å². The number of amides is 1. The highest BCUT2D eigenvalue weighted by Gasteiger charge is 2.29. The van der Waals surface area contributed by atoms with Crippen LogP contribution in [0.25, 0.3) is 0 Å². The first-order valence-electron chi connectivity index (χ1n) is 7.40. The fraction of sp³-hybridized carbons (Fsp3) is 0.438. The molecular weight excluding hydrogens is 346 g/mol. The largest absolute Gasteiger partial charge is 0.339 e. The van der Waals surface area contributed by atoms with Crippen molar-refractivity contribution in [2.45, 2.75) is 32.6 Å². The number of carbonyl (C=O) groups is 1. The monoisotopic (exact) mass is 363 g/mol. The van der Waals surface area contributed by atoms with Crippen LogP contribution >= 0.6 is 15.9 Å². The molecule has 1 aromatic heterocycles. The van der Waals surface area contributed by atoms with E-state index in [1.807, 2.05) is 36.9 Å². The van der Waals surface area contributed by atoms with E-state index in [4.69, 9.17) is 4.52 Å². The van der Waals surface area contributed by atoms with Crippen LogP contribution in [0.5, 0.6) is 0 Å². The van der Waals surface area contributed by atoms with E-state index in [0.29, 0.717) is 18.3 Å². The minimum atomic E-state index is 0.0749. The number of rotatable bonds is 2.